The molecule has 0 aliphatic rings. The third-order valence-electron chi connectivity index (χ3n) is 2.28. The number of amides is 1. The molecule has 0 spiro atoms. The van der Waals surface area contributed by atoms with Gasteiger partial charge < -0.3 is 14.6 Å². The van der Waals surface area contributed by atoms with Crippen molar-refractivity contribution in [3.05, 3.63) is 23.7 Å². The minimum Gasteiger partial charge on any atom is -0.464 e. The fourth-order valence-corrected chi connectivity index (χ4v) is 1.32. The number of aryl methyl sites for hydroxylation is 1. The lowest BCUT2D eigenvalue weighted by atomic mass is 10.3. The van der Waals surface area contributed by atoms with Gasteiger partial charge in [0.2, 0.25) is 5.91 Å². The number of furan rings is 1. The largest absolute Gasteiger partial charge is 0.464 e. The Morgan fingerprint density at radius 2 is 2.19 bits per heavy atom. The lowest BCUT2D eigenvalue weighted by Gasteiger charge is -2.17. The highest BCUT2D eigenvalue weighted by Gasteiger charge is 2.10. The molecule has 0 saturated heterocycles. The molecule has 16 heavy (non-hydrogen) atoms. The van der Waals surface area contributed by atoms with E-state index >= 15 is 0 Å². The molecule has 4 heteroatoms. The first-order valence-corrected chi connectivity index (χ1v) is 5.51. The molecule has 4 nitrogen and oxygen atoms in total. The summed E-state index contributed by atoms with van der Waals surface area (Å²) in [7, 11) is 1.78. The van der Waals surface area contributed by atoms with Gasteiger partial charge in [0, 0.05) is 13.1 Å². The van der Waals surface area contributed by atoms with Crippen LogP contribution in [0.1, 0.15) is 25.4 Å². The Hall–Kier alpha value is -1.29. The third kappa shape index (κ3) is 4.06. The highest BCUT2D eigenvalue weighted by atomic mass is 16.3. The maximum absolute atomic E-state index is 11.7. The van der Waals surface area contributed by atoms with Crippen LogP contribution in [0.15, 0.2) is 16.5 Å². The van der Waals surface area contributed by atoms with Crippen molar-refractivity contribution < 1.29 is 9.21 Å². The number of nitrogens with one attached hydrogen (secondary N) is 1. The SMILES string of the molecule is Cc1ccc(CN(C)C(=O)CNC(C)C)o1. The highest BCUT2D eigenvalue weighted by Crippen LogP contribution is 2.08. The Morgan fingerprint density at radius 1 is 1.50 bits per heavy atom. The third-order valence-corrected chi connectivity index (χ3v) is 2.28. The van der Waals surface area contributed by atoms with Crippen molar-refractivity contribution in [1.82, 2.24) is 10.2 Å². The number of carbonyl (C=O) groups excluding carboxylic acids is 1. The molecule has 0 aliphatic carbocycles. The molecule has 0 bridgehead atoms. The summed E-state index contributed by atoms with van der Waals surface area (Å²) >= 11 is 0. The molecular formula is C12H20N2O2. The van der Waals surface area contributed by atoms with Crippen molar-refractivity contribution in [2.24, 2.45) is 0 Å². The maximum Gasteiger partial charge on any atom is 0.236 e. The minimum atomic E-state index is 0.0720. The molecule has 1 heterocycles. The second kappa shape index (κ2) is 5.70. The predicted molar refractivity (Wildman–Crippen MR) is 63.1 cm³/mol. The van der Waals surface area contributed by atoms with Gasteiger partial charge in [0.25, 0.3) is 0 Å². The maximum atomic E-state index is 11.7. The Kier molecular flexibility index (Phi) is 4.55. The summed E-state index contributed by atoms with van der Waals surface area (Å²) in [5, 5.41) is 3.10. The van der Waals surface area contributed by atoms with Gasteiger partial charge in [0.15, 0.2) is 0 Å². The number of rotatable bonds is 5. The minimum absolute atomic E-state index is 0.0720. The van der Waals surface area contributed by atoms with Crippen LogP contribution >= 0.6 is 0 Å². The zero-order chi connectivity index (χ0) is 12.1. The molecule has 0 atom stereocenters. The zero-order valence-corrected chi connectivity index (χ0v) is 10.4. The number of carbonyl (C=O) groups is 1. The standard InChI is InChI=1S/C12H20N2O2/c1-9(2)13-7-12(15)14(4)8-11-6-5-10(3)16-11/h5-6,9,13H,7-8H2,1-4H3. The van der Waals surface area contributed by atoms with Crippen LogP contribution in [-0.4, -0.2) is 30.4 Å². The molecule has 0 fully saturated rings. The van der Waals surface area contributed by atoms with E-state index in [9.17, 15) is 4.79 Å². The second-order valence-electron chi connectivity index (χ2n) is 4.30. The molecule has 0 radical (unpaired) electrons. The molecular weight excluding hydrogens is 204 g/mol. The van der Waals surface area contributed by atoms with Crippen LogP contribution in [-0.2, 0) is 11.3 Å². The number of likely N-dealkylation sites (N-methyl/N-ethyl adjacent to an activating group) is 1. The smallest absolute Gasteiger partial charge is 0.236 e. The lowest BCUT2D eigenvalue weighted by molar-refractivity contribution is -0.129. The molecule has 0 aliphatic heterocycles. The van der Waals surface area contributed by atoms with Gasteiger partial charge in [0.05, 0.1) is 13.1 Å². The van der Waals surface area contributed by atoms with Gasteiger partial charge in [0.1, 0.15) is 11.5 Å². The monoisotopic (exact) mass is 224 g/mol. The molecule has 0 unspecified atom stereocenters. The van der Waals surface area contributed by atoms with Crippen molar-refractivity contribution in [3.8, 4) is 0 Å². The molecule has 1 aromatic rings. The fraction of sp³-hybridized carbons (Fsp3) is 0.583. The van der Waals surface area contributed by atoms with Gasteiger partial charge in [-0.1, -0.05) is 13.8 Å². The van der Waals surface area contributed by atoms with Crippen LogP contribution in [0.5, 0.6) is 0 Å². The quantitative estimate of drug-likeness (QED) is 0.825. The molecule has 1 rings (SSSR count). The summed E-state index contributed by atoms with van der Waals surface area (Å²) in [5.41, 5.74) is 0. The van der Waals surface area contributed by atoms with E-state index in [4.69, 9.17) is 4.42 Å². The van der Waals surface area contributed by atoms with E-state index < -0.39 is 0 Å². The normalized spacial score (nSPS) is 10.8. The molecule has 1 amide bonds. The van der Waals surface area contributed by atoms with Crippen molar-refractivity contribution in [3.63, 3.8) is 0 Å². The van der Waals surface area contributed by atoms with Gasteiger partial charge >= 0.3 is 0 Å². The fourth-order valence-electron chi connectivity index (χ4n) is 1.32. The summed E-state index contributed by atoms with van der Waals surface area (Å²) in [6.07, 6.45) is 0. The van der Waals surface area contributed by atoms with Crippen molar-refractivity contribution in [1.29, 1.82) is 0 Å². The van der Waals surface area contributed by atoms with Crippen LogP contribution in [0.4, 0.5) is 0 Å². The average molecular weight is 224 g/mol. The van der Waals surface area contributed by atoms with Gasteiger partial charge in [-0.3, -0.25) is 4.79 Å². The summed E-state index contributed by atoms with van der Waals surface area (Å²) in [5.74, 6) is 1.76. The van der Waals surface area contributed by atoms with E-state index in [2.05, 4.69) is 5.32 Å². The molecule has 0 aromatic carbocycles. The second-order valence-corrected chi connectivity index (χ2v) is 4.30. The van der Waals surface area contributed by atoms with Gasteiger partial charge in [-0.2, -0.15) is 0 Å². The van der Waals surface area contributed by atoms with Crippen LogP contribution in [0.25, 0.3) is 0 Å². The molecule has 90 valence electrons. The molecule has 1 N–H and O–H groups in total. The average Bonchev–Trinajstić information content (AvgIpc) is 2.60. The topological polar surface area (TPSA) is 45.5 Å². The van der Waals surface area contributed by atoms with Gasteiger partial charge in [-0.25, -0.2) is 0 Å². The van der Waals surface area contributed by atoms with Crippen LogP contribution in [0.3, 0.4) is 0 Å². The predicted octanol–water partition coefficient (Wildman–Crippen LogP) is 1.54. The first-order chi connectivity index (χ1) is 7.49. The number of hydrogen-bond donors (Lipinski definition) is 1. The summed E-state index contributed by atoms with van der Waals surface area (Å²) < 4.78 is 5.42. The van der Waals surface area contributed by atoms with Gasteiger partial charge in [-0.15, -0.1) is 0 Å². The lowest BCUT2D eigenvalue weighted by Crippen LogP contribution is -2.37. The van der Waals surface area contributed by atoms with E-state index in [-0.39, 0.29) is 5.91 Å². The van der Waals surface area contributed by atoms with Gasteiger partial charge in [-0.05, 0) is 19.1 Å². The van der Waals surface area contributed by atoms with Crippen molar-refractivity contribution in [2.75, 3.05) is 13.6 Å². The van der Waals surface area contributed by atoms with E-state index in [1.165, 1.54) is 0 Å². The summed E-state index contributed by atoms with van der Waals surface area (Å²) in [4.78, 5) is 13.3. The summed E-state index contributed by atoms with van der Waals surface area (Å²) in [6, 6.07) is 4.12. The van der Waals surface area contributed by atoms with E-state index in [1.807, 2.05) is 32.9 Å². The van der Waals surface area contributed by atoms with E-state index in [1.54, 1.807) is 11.9 Å². The van der Waals surface area contributed by atoms with Crippen molar-refractivity contribution >= 4 is 5.91 Å². The first kappa shape index (κ1) is 12.8. The Labute approximate surface area is 96.6 Å². The van der Waals surface area contributed by atoms with E-state index in [0.29, 0.717) is 19.1 Å². The number of nitrogens with zero attached hydrogens (tertiary/aromatic N) is 1. The van der Waals surface area contributed by atoms with Crippen molar-refractivity contribution in [2.45, 2.75) is 33.4 Å². The first-order valence-electron chi connectivity index (χ1n) is 5.51. The number of hydrogen-bond acceptors (Lipinski definition) is 3. The Bertz CT molecular complexity index is 345. The van der Waals surface area contributed by atoms with E-state index in [0.717, 1.165) is 11.5 Å². The highest BCUT2D eigenvalue weighted by molar-refractivity contribution is 5.77. The molecule has 1 aromatic heterocycles. The molecule has 0 saturated carbocycles. The van der Waals surface area contributed by atoms with Crippen LogP contribution < -0.4 is 5.32 Å². The van der Waals surface area contributed by atoms with Crippen LogP contribution in [0, 0.1) is 6.92 Å². The Morgan fingerprint density at radius 3 is 2.69 bits per heavy atom. The zero-order valence-electron chi connectivity index (χ0n) is 10.4. The summed E-state index contributed by atoms with van der Waals surface area (Å²) in [6.45, 7) is 6.82. The Balaban J connectivity index is 2.39. The van der Waals surface area contributed by atoms with Crippen LogP contribution in [0.2, 0.25) is 0 Å².